The van der Waals surface area contributed by atoms with Crippen molar-refractivity contribution in [1.29, 1.82) is 0 Å². The molecule has 1 aliphatic rings. The predicted molar refractivity (Wildman–Crippen MR) is 113 cm³/mol. The van der Waals surface area contributed by atoms with Gasteiger partial charge in [0.15, 0.2) is 0 Å². The van der Waals surface area contributed by atoms with Crippen molar-refractivity contribution >= 4 is 23.4 Å². The second-order valence-electron chi connectivity index (χ2n) is 7.66. The molecule has 0 spiro atoms. The van der Waals surface area contributed by atoms with Gasteiger partial charge in [-0.05, 0) is 42.0 Å². The fourth-order valence-corrected chi connectivity index (χ4v) is 3.81. The quantitative estimate of drug-likeness (QED) is 0.400. The molecule has 2 heterocycles. The van der Waals surface area contributed by atoms with Gasteiger partial charge in [-0.2, -0.15) is 0 Å². The Kier molecular flexibility index (Phi) is 6.14. The third-order valence-electron chi connectivity index (χ3n) is 5.49. The first-order valence-corrected chi connectivity index (χ1v) is 10.1. The van der Waals surface area contributed by atoms with Crippen molar-refractivity contribution in [2.75, 3.05) is 11.9 Å². The minimum absolute atomic E-state index is 0.0481. The van der Waals surface area contributed by atoms with Crippen LogP contribution in [-0.4, -0.2) is 40.7 Å². The molecule has 0 aliphatic carbocycles. The van der Waals surface area contributed by atoms with E-state index in [-0.39, 0.29) is 28.8 Å². The molecule has 3 amide bonds. The van der Waals surface area contributed by atoms with Crippen LogP contribution in [0.2, 0.25) is 0 Å². The third kappa shape index (κ3) is 4.26. The number of hydrogen-bond donors (Lipinski definition) is 0. The monoisotopic (exact) mass is 471 g/mol. The second kappa shape index (κ2) is 9.05. The van der Waals surface area contributed by atoms with Gasteiger partial charge in [-0.25, -0.2) is 17.6 Å². The van der Waals surface area contributed by atoms with E-state index < -0.39 is 47.5 Å². The lowest BCUT2D eigenvalue weighted by atomic mass is 10.0. The molecular weight excluding hydrogens is 454 g/mol. The van der Waals surface area contributed by atoms with Gasteiger partial charge in [-0.15, -0.1) is 0 Å². The fraction of sp³-hybridized carbons (Fsp3) is 0.167. The zero-order valence-electron chi connectivity index (χ0n) is 17.7. The van der Waals surface area contributed by atoms with Crippen LogP contribution in [0, 0.1) is 11.6 Å². The van der Waals surface area contributed by atoms with E-state index in [0.29, 0.717) is 6.07 Å². The highest BCUT2D eigenvalue weighted by molar-refractivity contribution is 6.23. The number of carbonyl (C=O) groups excluding carboxylic acids is 3. The molecule has 3 aromatic rings. The van der Waals surface area contributed by atoms with E-state index in [2.05, 4.69) is 4.98 Å². The zero-order chi connectivity index (χ0) is 24.6. The number of hydrogen-bond acceptors (Lipinski definition) is 4. The molecule has 34 heavy (non-hydrogen) atoms. The lowest BCUT2D eigenvalue weighted by Crippen LogP contribution is -2.51. The summed E-state index contributed by atoms with van der Waals surface area (Å²) in [5.74, 6) is -4.00. The van der Waals surface area contributed by atoms with Gasteiger partial charge in [-0.3, -0.25) is 24.3 Å². The van der Waals surface area contributed by atoms with E-state index in [4.69, 9.17) is 0 Å². The fourth-order valence-electron chi connectivity index (χ4n) is 3.81. The summed E-state index contributed by atoms with van der Waals surface area (Å²) in [5, 5.41) is 0. The van der Waals surface area contributed by atoms with Gasteiger partial charge in [0.25, 0.3) is 18.2 Å². The van der Waals surface area contributed by atoms with Crippen molar-refractivity contribution in [3.63, 3.8) is 0 Å². The Hall–Kier alpha value is -4.08. The van der Waals surface area contributed by atoms with Crippen molar-refractivity contribution in [1.82, 2.24) is 9.88 Å². The molecule has 0 saturated carbocycles. The Morgan fingerprint density at radius 2 is 1.56 bits per heavy atom. The number of amides is 3. The Labute approximate surface area is 191 Å². The number of benzene rings is 2. The van der Waals surface area contributed by atoms with Crippen LogP contribution >= 0.6 is 0 Å². The van der Waals surface area contributed by atoms with Crippen LogP contribution in [0.1, 0.15) is 38.4 Å². The van der Waals surface area contributed by atoms with E-state index in [0.717, 1.165) is 34.2 Å². The van der Waals surface area contributed by atoms with E-state index >= 15 is 0 Å². The molecule has 1 aliphatic heterocycles. The zero-order valence-corrected chi connectivity index (χ0v) is 17.7. The molecule has 1 aromatic heterocycles. The number of rotatable bonds is 6. The van der Waals surface area contributed by atoms with Crippen LogP contribution in [0.3, 0.4) is 0 Å². The minimum Gasteiger partial charge on any atom is -0.312 e. The van der Waals surface area contributed by atoms with Gasteiger partial charge in [0, 0.05) is 19.5 Å². The molecule has 6 nitrogen and oxygen atoms in total. The number of aromatic nitrogens is 1. The molecular formula is C24H17F4N3O3. The van der Waals surface area contributed by atoms with Crippen LogP contribution in [0.25, 0.3) is 0 Å². The number of pyridine rings is 1. The molecule has 10 heteroatoms. The first-order chi connectivity index (χ1) is 16.2. The van der Waals surface area contributed by atoms with Crippen LogP contribution < -0.4 is 4.90 Å². The standard InChI is InChI=1S/C24H17F4N3O3/c1-30(16-6-7-19(21(27)28)29-12-16)24(34)20(10-13-8-14(25)11-15(26)9-13)31-22(32)17-4-2-3-5-18(17)23(31)33/h2-9,11-12,20-21H,10H2,1H3/t20-/m0/s1. The van der Waals surface area contributed by atoms with Crippen molar-refractivity contribution in [2.24, 2.45) is 0 Å². The van der Waals surface area contributed by atoms with Crippen molar-refractivity contribution < 1.29 is 31.9 Å². The molecule has 0 fully saturated rings. The molecule has 174 valence electrons. The highest BCUT2D eigenvalue weighted by atomic mass is 19.3. The van der Waals surface area contributed by atoms with Gasteiger partial charge in [0.2, 0.25) is 5.91 Å². The van der Waals surface area contributed by atoms with Gasteiger partial charge < -0.3 is 4.90 Å². The summed E-state index contributed by atoms with van der Waals surface area (Å²) < 4.78 is 53.3. The van der Waals surface area contributed by atoms with Gasteiger partial charge in [0.05, 0.1) is 23.0 Å². The Morgan fingerprint density at radius 1 is 0.971 bits per heavy atom. The van der Waals surface area contributed by atoms with Crippen molar-refractivity contribution in [3.05, 3.63) is 94.8 Å². The maximum atomic E-state index is 13.8. The number of halogens is 4. The van der Waals surface area contributed by atoms with E-state index in [1.807, 2.05) is 0 Å². The summed E-state index contributed by atoms with van der Waals surface area (Å²) in [4.78, 5) is 45.0. The van der Waals surface area contributed by atoms with Gasteiger partial charge >= 0.3 is 0 Å². The number of anilines is 1. The molecule has 1 atom stereocenters. The highest BCUT2D eigenvalue weighted by Crippen LogP contribution is 2.28. The molecule has 0 N–H and O–H groups in total. The highest BCUT2D eigenvalue weighted by Gasteiger charge is 2.43. The maximum absolute atomic E-state index is 13.8. The van der Waals surface area contributed by atoms with Gasteiger partial charge in [0.1, 0.15) is 23.4 Å². The predicted octanol–water partition coefficient (Wildman–Crippen LogP) is 4.17. The van der Waals surface area contributed by atoms with Crippen LogP contribution in [0.5, 0.6) is 0 Å². The third-order valence-corrected chi connectivity index (χ3v) is 5.49. The molecule has 0 unspecified atom stereocenters. The molecule has 0 bridgehead atoms. The average Bonchev–Trinajstić information content (AvgIpc) is 3.06. The maximum Gasteiger partial charge on any atom is 0.280 e. The summed E-state index contributed by atoms with van der Waals surface area (Å²) in [5.41, 5.74) is -0.118. The van der Waals surface area contributed by atoms with E-state index in [1.165, 1.54) is 25.2 Å². The number of nitrogens with zero attached hydrogens (tertiary/aromatic N) is 3. The lowest BCUT2D eigenvalue weighted by Gasteiger charge is -2.29. The van der Waals surface area contributed by atoms with Crippen LogP contribution in [0.4, 0.5) is 23.2 Å². The van der Waals surface area contributed by atoms with Crippen LogP contribution in [-0.2, 0) is 11.2 Å². The van der Waals surface area contributed by atoms with Gasteiger partial charge in [-0.1, -0.05) is 12.1 Å². The molecule has 0 radical (unpaired) electrons. The number of alkyl halides is 2. The first-order valence-electron chi connectivity index (χ1n) is 10.1. The smallest absolute Gasteiger partial charge is 0.280 e. The number of fused-ring (bicyclic) bond motifs is 1. The normalized spacial score (nSPS) is 13.9. The molecule has 2 aromatic carbocycles. The summed E-state index contributed by atoms with van der Waals surface area (Å²) in [7, 11) is 1.32. The van der Waals surface area contributed by atoms with Crippen LogP contribution in [0.15, 0.2) is 60.8 Å². The SMILES string of the molecule is CN(C(=O)[C@H](Cc1cc(F)cc(F)c1)N1C(=O)c2ccccc2C1=O)c1ccc(C(F)F)nc1. The Bertz CT molecular complexity index is 1230. The summed E-state index contributed by atoms with van der Waals surface area (Å²) in [6.45, 7) is 0. The largest absolute Gasteiger partial charge is 0.312 e. The van der Waals surface area contributed by atoms with E-state index in [9.17, 15) is 31.9 Å². The first kappa shape index (κ1) is 23.1. The minimum atomic E-state index is -2.80. The van der Waals surface area contributed by atoms with Crippen molar-refractivity contribution in [3.8, 4) is 0 Å². The summed E-state index contributed by atoms with van der Waals surface area (Å²) >= 11 is 0. The average molecular weight is 471 g/mol. The second-order valence-corrected chi connectivity index (χ2v) is 7.66. The van der Waals surface area contributed by atoms with E-state index in [1.54, 1.807) is 12.1 Å². The number of carbonyl (C=O) groups is 3. The number of likely N-dealkylation sites (N-methyl/N-ethyl adjacent to an activating group) is 1. The summed E-state index contributed by atoms with van der Waals surface area (Å²) in [6.07, 6.45) is -2.11. The topological polar surface area (TPSA) is 70.6 Å². The summed E-state index contributed by atoms with van der Waals surface area (Å²) in [6, 6.07) is 9.49. The lowest BCUT2D eigenvalue weighted by molar-refractivity contribution is -0.122. The van der Waals surface area contributed by atoms with Crippen molar-refractivity contribution in [2.45, 2.75) is 18.9 Å². The number of imide groups is 1. The molecule has 0 saturated heterocycles. The Morgan fingerprint density at radius 3 is 2.06 bits per heavy atom. The molecule has 4 rings (SSSR count). The Balaban J connectivity index is 1.72.